The van der Waals surface area contributed by atoms with Gasteiger partial charge in [-0.15, -0.1) is 11.6 Å². The van der Waals surface area contributed by atoms with Crippen LogP contribution in [-0.4, -0.2) is 30.5 Å². The Bertz CT molecular complexity index is 104. The van der Waals surface area contributed by atoms with Crippen molar-refractivity contribution in [3.8, 4) is 0 Å². The van der Waals surface area contributed by atoms with Crippen LogP contribution in [0.15, 0.2) is 0 Å². The molecule has 0 amide bonds. The Morgan fingerprint density at radius 2 is 2.40 bits per heavy atom. The van der Waals surface area contributed by atoms with Gasteiger partial charge in [-0.1, -0.05) is 0 Å². The summed E-state index contributed by atoms with van der Waals surface area (Å²) in [5, 5.41) is 0.189. The van der Waals surface area contributed by atoms with E-state index in [4.69, 9.17) is 11.6 Å². The molecule has 0 saturated heterocycles. The fourth-order valence-electron chi connectivity index (χ4n) is 0.470. The van der Waals surface area contributed by atoms with E-state index in [9.17, 15) is 4.79 Å². The van der Waals surface area contributed by atoms with Crippen LogP contribution >= 0.6 is 23.4 Å². The molecule has 0 saturated carbocycles. The third-order valence-corrected chi connectivity index (χ3v) is 2.68. The van der Waals surface area contributed by atoms with Crippen molar-refractivity contribution in [1.82, 2.24) is 0 Å². The number of methoxy groups -OCH3 is 1. The van der Waals surface area contributed by atoms with Crippen LogP contribution in [0.1, 0.15) is 6.42 Å². The minimum Gasteiger partial charge on any atom is -0.469 e. The first-order valence-corrected chi connectivity index (χ1v) is 4.72. The van der Waals surface area contributed by atoms with Crippen molar-refractivity contribution in [2.24, 2.45) is 0 Å². The smallest absolute Gasteiger partial charge is 0.306 e. The summed E-state index contributed by atoms with van der Waals surface area (Å²) in [5.41, 5.74) is 0. The Hall–Kier alpha value is 0.110. The van der Waals surface area contributed by atoms with Crippen LogP contribution in [-0.2, 0) is 9.53 Å². The van der Waals surface area contributed by atoms with E-state index in [-0.39, 0.29) is 11.2 Å². The Labute approximate surface area is 70.3 Å². The average molecular weight is 183 g/mol. The normalized spacial score (nSPS) is 12.7. The molecule has 0 rings (SSSR count). The lowest BCUT2D eigenvalue weighted by molar-refractivity contribution is -0.140. The summed E-state index contributed by atoms with van der Waals surface area (Å²) < 4.78 is 4.47. The number of esters is 1. The van der Waals surface area contributed by atoms with Crippen LogP contribution in [0.4, 0.5) is 0 Å². The lowest BCUT2D eigenvalue weighted by Crippen LogP contribution is -2.12. The number of rotatable bonds is 4. The Kier molecular flexibility index (Phi) is 5.93. The van der Waals surface area contributed by atoms with Crippen LogP contribution in [0.25, 0.3) is 0 Å². The molecule has 0 radical (unpaired) electrons. The molecule has 0 aromatic heterocycles. The number of carbonyl (C=O) groups excluding carboxylic acids is 1. The van der Waals surface area contributed by atoms with E-state index >= 15 is 0 Å². The lowest BCUT2D eigenvalue weighted by Gasteiger charge is -2.07. The quantitative estimate of drug-likeness (QED) is 0.487. The molecule has 0 aromatic rings. The maximum Gasteiger partial charge on any atom is 0.306 e. The molecule has 0 aliphatic rings. The number of carbonyl (C=O) groups is 1. The van der Waals surface area contributed by atoms with Gasteiger partial charge in [-0.3, -0.25) is 4.79 Å². The van der Waals surface area contributed by atoms with Gasteiger partial charge in [0.05, 0.1) is 13.5 Å². The molecular formula is C6H11ClO2S. The third-order valence-electron chi connectivity index (χ3n) is 1.13. The molecule has 10 heavy (non-hydrogen) atoms. The van der Waals surface area contributed by atoms with Crippen molar-refractivity contribution < 1.29 is 9.53 Å². The zero-order chi connectivity index (χ0) is 7.98. The van der Waals surface area contributed by atoms with Gasteiger partial charge in [0.1, 0.15) is 0 Å². The number of ether oxygens (including phenoxy) is 1. The predicted molar refractivity (Wildman–Crippen MR) is 44.7 cm³/mol. The highest BCUT2D eigenvalue weighted by Gasteiger charge is 2.10. The van der Waals surface area contributed by atoms with Crippen LogP contribution in [0.3, 0.4) is 0 Å². The van der Waals surface area contributed by atoms with Crippen LogP contribution < -0.4 is 0 Å². The first-order chi connectivity index (χ1) is 4.74. The van der Waals surface area contributed by atoms with Crippen LogP contribution in [0.2, 0.25) is 0 Å². The van der Waals surface area contributed by atoms with E-state index < -0.39 is 0 Å². The largest absolute Gasteiger partial charge is 0.469 e. The second kappa shape index (κ2) is 5.86. The maximum atomic E-state index is 10.6. The fraction of sp³-hybridized carbons (Fsp3) is 0.833. The van der Waals surface area contributed by atoms with Crippen molar-refractivity contribution in [1.29, 1.82) is 0 Å². The summed E-state index contributed by atoms with van der Waals surface area (Å²) in [5.74, 6) is 0.302. The summed E-state index contributed by atoms with van der Waals surface area (Å²) in [4.78, 5) is 10.6. The first-order valence-electron chi connectivity index (χ1n) is 2.90. The molecule has 0 aromatic carbocycles. The van der Waals surface area contributed by atoms with E-state index in [0.29, 0.717) is 12.3 Å². The number of hydrogen-bond donors (Lipinski definition) is 0. The van der Waals surface area contributed by atoms with E-state index in [1.54, 1.807) is 11.8 Å². The molecule has 0 bridgehead atoms. The number of thioether (sulfide) groups is 1. The number of hydrogen-bond acceptors (Lipinski definition) is 3. The topological polar surface area (TPSA) is 26.3 Å². The monoisotopic (exact) mass is 182 g/mol. The zero-order valence-corrected chi connectivity index (χ0v) is 7.67. The fourth-order valence-corrected chi connectivity index (χ4v) is 1.39. The molecule has 60 valence electrons. The molecule has 1 unspecified atom stereocenters. The Morgan fingerprint density at radius 1 is 1.80 bits per heavy atom. The van der Waals surface area contributed by atoms with E-state index in [2.05, 4.69) is 4.74 Å². The van der Waals surface area contributed by atoms with Gasteiger partial charge in [0.15, 0.2) is 0 Å². The third kappa shape index (κ3) is 4.01. The second-order valence-electron chi connectivity index (χ2n) is 1.79. The second-order valence-corrected chi connectivity index (χ2v) is 3.24. The van der Waals surface area contributed by atoms with Crippen LogP contribution in [0, 0.1) is 0 Å². The highest BCUT2D eigenvalue weighted by molar-refractivity contribution is 7.99. The molecular weight excluding hydrogens is 172 g/mol. The number of alkyl halides is 1. The Morgan fingerprint density at radius 3 is 2.70 bits per heavy atom. The summed E-state index contributed by atoms with van der Waals surface area (Å²) >= 11 is 7.12. The SMILES string of the molecule is COC(=O)CC(CCl)SC. The minimum absolute atomic E-state index is 0.189. The molecule has 0 aliphatic carbocycles. The van der Waals surface area contributed by atoms with Gasteiger partial charge in [0, 0.05) is 11.1 Å². The molecule has 0 fully saturated rings. The van der Waals surface area contributed by atoms with E-state index in [0.717, 1.165) is 0 Å². The molecule has 2 nitrogen and oxygen atoms in total. The standard InChI is InChI=1S/C6H11ClO2S/c1-9-6(8)3-5(4-7)10-2/h5H,3-4H2,1-2H3. The summed E-state index contributed by atoms with van der Waals surface area (Å²) in [6, 6.07) is 0. The highest BCUT2D eigenvalue weighted by atomic mass is 35.5. The Balaban J connectivity index is 3.52. The minimum atomic E-state index is -0.194. The van der Waals surface area contributed by atoms with E-state index in [1.807, 2.05) is 6.26 Å². The predicted octanol–water partition coefficient (Wildman–Crippen LogP) is 1.52. The molecule has 0 spiro atoms. The molecule has 1 atom stereocenters. The average Bonchev–Trinajstić information content (AvgIpc) is 1.99. The van der Waals surface area contributed by atoms with Crippen molar-refractivity contribution >= 4 is 29.3 Å². The van der Waals surface area contributed by atoms with Gasteiger partial charge >= 0.3 is 5.97 Å². The van der Waals surface area contributed by atoms with Gasteiger partial charge in [-0.2, -0.15) is 11.8 Å². The molecule has 0 N–H and O–H groups in total. The molecule has 4 heteroatoms. The van der Waals surface area contributed by atoms with E-state index in [1.165, 1.54) is 7.11 Å². The summed E-state index contributed by atoms with van der Waals surface area (Å²) in [6.07, 6.45) is 2.33. The van der Waals surface area contributed by atoms with Crippen molar-refractivity contribution in [2.75, 3.05) is 19.2 Å². The van der Waals surface area contributed by atoms with Crippen molar-refractivity contribution in [3.63, 3.8) is 0 Å². The lowest BCUT2D eigenvalue weighted by atomic mass is 10.3. The molecule has 0 heterocycles. The van der Waals surface area contributed by atoms with Crippen molar-refractivity contribution in [2.45, 2.75) is 11.7 Å². The summed E-state index contributed by atoms with van der Waals surface area (Å²) in [6.45, 7) is 0. The van der Waals surface area contributed by atoms with Gasteiger partial charge in [0.2, 0.25) is 0 Å². The van der Waals surface area contributed by atoms with Crippen LogP contribution in [0.5, 0.6) is 0 Å². The van der Waals surface area contributed by atoms with Gasteiger partial charge in [-0.25, -0.2) is 0 Å². The van der Waals surface area contributed by atoms with Gasteiger partial charge in [-0.05, 0) is 6.26 Å². The van der Waals surface area contributed by atoms with Gasteiger partial charge in [0.25, 0.3) is 0 Å². The zero-order valence-electron chi connectivity index (χ0n) is 6.09. The highest BCUT2D eigenvalue weighted by Crippen LogP contribution is 2.12. The van der Waals surface area contributed by atoms with Crippen molar-refractivity contribution in [3.05, 3.63) is 0 Å². The summed E-state index contributed by atoms with van der Waals surface area (Å²) in [7, 11) is 1.38. The maximum absolute atomic E-state index is 10.6. The molecule has 0 aliphatic heterocycles. The number of halogens is 1. The first kappa shape index (κ1) is 10.1. The van der Waals surface area contributed by atoms with Gasteiger partial charge < -0.3 is 4.74 Å².